The van der Waals surface area contributed by atoms with Gasteiger partial charge >= 0.3 is 12.1 Å². The van der Waals surface area contributed by atoms with Gasteiger partial charge in [-0.15, -0.1) is 0 Å². The number of likely N-dealkylation sites (tertiary alicyclic amines) is 1. The summed E-state index contributed by atoms with van der Waals surface area (Å²) in [7, 11) is 0. The average Bonchev–Trinajstić information content (AvgIpc) is 2.55. The zero-order valence-electron chi connectivity index (χ0n) is 13.6. The molecule has 1 aliphatic rings. The fraction of sp³-hybridized carbons (Fsp3) is 0.529. The van der Waals surface area contributed by atoms with Crippen LogP contribution >= 0.6 is 11.6 Å². The maximum Gasteiger partial charge on any atom is 0.407 e. The van der Waals surface area contributed by atoms with Crippen molar-refractivity contribution < 1.29 is 24.2 Å². The van der Waals surface area contributed by atoms with Crippen LogP contribution in [0.1, 0.15) is 31.4 Å². The van der Waals surface area contributed by atoms with Crippen LogP contribution in [0.2, 0.25) is 5.02 Å². The molecule has 6 nitrogen and oxygen atoms in total. The summed E-state index contributed by atoms with van der Waals surface area (Å²) in [6.45, 7) is 2.74. The highest BCUT2D eigenvalue weighted by Gasteiger charge is 2.31. The number of hydrogen-bond donors (Lipinski definition) is 1. The molecule has 2 atom stereocenters. The van der Waals surface area contributed by atoms with Crippen LogP contribution in [0.25, 0.3) is 0 Å². The Labute approximate surface area is 146 Å². The van der Waals surface area contributed by atoms with Gasteiger partial charge in [0.25, 0.3) is 0 Å². The first-order valence-electron chi connectivity index (χ1n) is 8.01. The lowest BCUT2D eigenvalue weighted by Crippen LogP contribution is -2.41. The molecule has 0 aromatic heterocycles. The van der Waals surface area contributed by atoms with Crippen LogP contribution in [0.4, 0.5) is 4.79 Å². The van der Waals surface area contributed by atoms with Crippen LogP contribution < -0.4 is 0 Å². The summed E-state index contributed by atoms with van der Waals surface area (Å²) >= 11 is 6.07. The van der Waals surface area contributed by atoms with Gasteiger partial charge in [-0.1, -0.05) is 23.7 Å². The summed E-state index contributed by atoms with van der Waals surface area (Å²) in [6.07, 6.45) is 0.241. The summed E-state index contributed by atoms with van der Waals surface area (Å²) in [6, 6.07) is 7.24. The van der Waals surface area contributed by atoms with E-state index in [1.54, 1.807) is 19.1 Å². The Hall–Kier alpha value is -1.79. The Bertz CT molecular complexity index is 580. The normalized spacial score (nSPS) is 18.9. The van der Waals surface area contributed by atoms with E-state index in [0.717, 1.165) is 18.4 Å². The number of nitrogens with zero attached hydrogens (tertiary/aromatic N) is 1. The fourth-order valence-corrected chi connectivity index (χ4v) is 3.18. The van der Waals surface area contributed by atoms with E-state index in [0.29, 0.717) is 24.7 Å². The van der Waals surface area contributed by atoms with Crippen molar-refractivity contribution in [3.8, 4) is 0 Å². The lowest BCUT2D eigenvalue weighted by atomic mass is 9.88. The third-order valence-corrected chi connectivity index (χ3v) is 4.25. The second-order valence-corrected chi connectivity index (χ2v) is 6.16. The molecule has 0 radical (unpaired) electrons. The number of piperidine rings is 1. The highest BCUT2D eigenvalue weighted by atomic mass is 35.5. The summed E-state index contributed by atoms with van der Waals surface area (Å²) < 4.78 is 10.7. The molecular formula is C17H22ClNO5. The van der Waals surface area contributed by atoms with Crippen molar-refractivity contribution in [3.05, 3.63) is 34.9 Å². The lowest BCUT2D eigenvalue weighted by Gasteiger charge is -2.35. The molecule has 1 aromatic rings. The van der Waals surface area contributed by atoms with Crippen molar-refractivity contribution in [1.29, 1.82) is 0 Å². The van der Waals surface area contributed by atoms with Gasteiger partial charge in [-0.25, -0.2) is 9.59 Å². The molecule has 1 saturated heterocycles. The molecule has 1 heterocycles. The van der Waals surface area contributed by atoms with Crippen LogP contribution in [0.5, 0.6) is 0 Å². The van der Waals surface area contributed by atoms with E-state index in [1.165, 1.54) is 4.90 Å². The lowest BCUT2D eigenvalue weighted by molar-refractivity contribution is -0.152. The van der Waals surface area contributed by atoms with Gasteiger partial charge < -0.3 is 19.5 Å². The second kappa shape index (κ2) is 8.89. The van der Waals surface area contributed by atoms with Gasteiger partial charge in [0.15, 0.2) is 0 Å². The Morgan fingerprint density at radius 3 is 2.92 bits per heavy atom. The van der Waals surface area contributed by atoms with Crippen molar-refractivity contribution >= 4 is 23.7 Å². The first-order valence-corrected chi connectivity index (χ1v) is 8.39. The molecule has 1 N–H and O–H groups in total. The molecule has 1 aliphatic heterocycles. The third-order valence-electron chi connectivity index (χ3n) is 4.02. The molecule has 0 bridgehead atoms. The highest BCUT2D eigenvalue weighted by Crippen LogP contribution is 2.34. The van der Waals surface area contributed by atoms with Crippen molar-refractivity contribution in [2.75, 3.05) is 26.3 Å². The number of carbonyl (C=O) groups excluding carboxylic acids is 1. The number of hydrogen-bond acceptors (Lipinski definition) is 4. The highest BCUT2D eigenvalue weighted by molar-refractivity contribution is 6.30. The molecule has 2 rings (SSSR count). The molecule has 1 amide bonds. The van der Waals surface area contributed by atoms with E-state index < -0.39 is 18.2 Å². The van der Waals surface area contributed by atoms with Gasteiger partial charge in [0, 0.05) is 24.0 Å². The number of benzene rings is 1. The average molecular weight is 356 g/mol. The van der Waals surface area contributed by atoms with Crippen LogP contribution in [-0.4, -0.2) is 48.4 Å². The molecule has 0 saturated carbocycles. The predicted molar refractivity (Wildman–Crippen MR) is 89.1 cm³/mol. The number of ether oxygens (including phenoxy) is 2. The zero-order valence-corrected chi connectivity index (χ0v) is 14.4. The smallest absolute Gasteiger partial charge is 0.407 e. The fourth-order valence-electron chi connectivity index (χ4n) is 2.98. The Kier molecular flexibility index (Phi) is 6.87. The van der Waals surface area contributed by atoms with E-state index >= 15 is 0 Å². The summed E-state index contributed by atoms with van der Waals surface area (Å²) in [5.41, 5.74) is 0.837. The molecule has 24 heavy (non-hydrogen) atoms. The minimum Gasteiger partial charge on any atom is -0.465 e. The Morgan fingerprint density at radius 2 is 2.25 bits per heavy atom. The number of esters is 1. The molecule has 0 spiro atoms. The monoisotopic (exact) mass is 355 g/mol. The van der Waals surface area contributed by atoms with Gasteiger partial charge in [0.05, 0.1) is 12.7 Å². The standard InChI is InChI=1S/C17H22ClNO5/c1-2-23-15(20)11-24-16(12-5-3-7-14(18)9-12)13-6-4-8-19(10-13)17(21)22/h3,5,7,9,13,16H,2,4,6,8,10-11H2,1H3,(H,21,22)/t13?,16-/m0/s1. The van der Waals surface area contributed by atoms with Gasteiger partial charge in [0.1, 0.15) is 6.61 Å². The number of carboxylic acid groups (broad SMARTS) is 1. The van der Waals surface area contributed by atoms with E-state index in [-0.39, 0.29) is 12.5 Å². The van der Waals surface area contributed by atoms with Crippen LogP contribution in [0.15, 0.2) is 24.3 Å². The number of amides is 1. The number of halogens is 1. The third kappa shape index (κ3) is 5.11. The molecule has 132 valence electrons. The van der Waals surface area contributed by atoms with Crippen LogP contribution in [0.3, 0.4) is 0 Å². The van der Waals surface area contributed by atoms with E-state index in [9.17, 15) is 14.7 Å². The first-order chi connectivity index (χ1) is 11.5. The maximum atomic E-state index is 11.6. The molecule has 0 aliphatic carbocycles. The molecular weight excluding hydrogens is 334 g/mol. The van der Waals surface area contributed by atoms with Crippen molar-refractivity contribution in [2.45, 2.75) is 25.9 Å². The van der Waals surface area contributed by atoms with Crippen molar-refractivity contribution in [1.82, 2.24) is 4.90 Å². The summed E-state index contributed by atoms with van der Waals surface area (Å²) in [5.74, 6) is -0.474. The second-order valence-electron chi connectivity index (χ2n) is 5.72. The van der Waals surface area contributed by atoms with Gasteiger partial charge in [-0.3, -0.25) is 0 Å². The van der Waals surface area contributed by atoms with Gasteiger partial charge in [-0.05, 0) is 37.5 Å². The van der Waals surface area contributed by atoms with Crippen molar-refractivity contribution in [3.63, 3.8) is 0 Å². The molecule has 1 unspecified atom stereocenters. The van der Waals surface area contributed by atoms with Crippen LogP contribution in [-0.2, 0) is 14.3 Å². The van der Waals surface area contributed by atoms with Crippen LogP contribution in [0, 0.1) is 5.92 Å². The Morgan fingerprint density at radius 1 is 1.46 bits per heavy atom. The van der Waals surface area contributed by atoms with E-state index in [4.69, 9.17) is 21.1 Å². The number of rotatable bonds is 6. The summed E-state index contributed by atoms with van der Waals surface area (Å²) in [4.78, 5) is 24.3. The Balaban J connectivity index is 2.15. The number of carbonyl (C=O) groups is 2. The SMILES string of the molecule is CCOC(=O)CO[C@@H](c1cccc(Cl)c1)C1CCCN(C(=O)O)C1. The van der Waals surface area contributed by atoms with Crippen molar-refractivity contribution in [2.24, 2.45) is 5.92 Å². The topological polar surface area (TPSA) is 76.1 Å². The van der Waals surface area contributed by atoms with Gasteiger partial charge in [0.2, 0.25) is 0 Å². The molecule has 1 aromatic carbocycles. The summed E-state index contributed by atoms with van der Waals surface area (Å²) in [5, 5.41) is 9.80. The van der Waals surface area contributed by atoms with E-state index in [1.807, 2.05) is 12.1 Å². The first kappa shape index (κ1) is 18.5. The minimum atomic E-state index is -0.935. The molecule has 1 fully saturated rings. The predicted octanol–water partition coefficient (Wildman–Crippen LogP) is 3.35. The van der Waals surface area contributed by atoms with E-state index in [2.05, 4.69) is 0 Å². The molecule has 7 heteroatoms. The maximum absolute atomic E-state index is 11.6. The largest absolute Gasteiger partial charge is 0.465 e. The zero-order chi connectivity index (χ0) is 17.5. The van der Waals surface area contributed by atoms with Gasteiger partial charge in [-0.2, -0.15) is 0 Å². The minimum absolute atomic E-state index is 0.0391. The quantitative estimate of drug-likeness (QED) is 0.792.